The third-order valence-electron chi connectivity index (χ3n) is 3.52. The molecule has 0 heterocycles. The van der Waals surface area contributed by atoms with E-state index in [4.69, 9.17) is 5.26 Å². The molecule has 0 unspecified atom stereocenters. The number of rotatable bonds is 6. The topological polar surface area (TPSA) is 82.0 Å². The van der Waals surface area contributed by atoms with Crippen LogP contribution in [0.25, 0.3) is 0 Å². The smallest absolute Gasteiger partial charge is 0.325 e. The Morgan fingerprint density at radius 2 is 1.75 bits per heavy atom. The van der Waals surface area contributed by atoms with Gasteiger partial charge < -0.3 is 10.6 Å². The van der Waals surface area contributed by atoms with E-state index in [1.165, 1.54) is 18.7 Å². The number of thioether (sulfide) groups is 1. The summed E-state index contributed by atoms with van der Waals surface area (Å²) in [5.74, 6) is -0.453. The molecule has 2 rings (SSSR count). The number of amides is 2. The van der Waals surface area contributed by atoms with Gasteiger partial charge in [-0.15, -0.1) is 11.8 Å². The summed E-state index contributed by atoms with van der Waals surface area (Å²) >= 11 is 1.27. The number of hydrogen-bond acceptors (Lipinski definition) is 4. The van der Waals surface area contributed by atoms with Crippen LogP contribution in [-0.4, -0.2) is 17.6 Å². The van der Waals surface area contributed by atoms with Crippen molar-refractivity contribution < 1.29 is 22.8 Å². The fourth-order valence-electron chi connectivity index (χ4n) is 2.25. The maximum Gasteiger partial charge on any atom is 0.416 e. The number of carbonyl (C=O) groups excluding carboxylic acids is 2. The molecule has 2 N–H and O–H groups in total. The van der Waals surface area contributed by atoms with Crippen molar-refractivity contribution in [2.45, 2.75) is 18.9 Å². The molecular formula is C19H16F3N3O2S. The first kappa shape index (κ1) is 21.3. The lowest BCUT2D eigenvalue weighted by molar-refractivity contribution is -0.137. The van der Waals surface area contributed by atoms with Gasteiger partial charge in [-0.1, -0.05) is 12.1 Å². The van der Waals surface area contributed by atoms with Crippen molar-refractivity contribution in [3.63, 3.8) is 0 Å². The first-order valence-corrected chi connectivity index (χ1v) is 9.20. The molecule has 0 atom stereocenters. The van der Waals surface area contributed by atoms with Gasteiger partial charge in [0.25, 0.3) is 0 Å². The predicted octanol–water partition coefficient (Wildman–Crippen LogP) is 4.41. The molecule has 0 spiro atoms. The number of nitriles is 1. The van der Waals surface area contributed by atoms with Crippen LogP contribution in [0.1, 0.15) is 23.6 Å². The van der Waals surface area contributed by atoms with Gasteiger partial charge in [0.2, 0.25) is 11.8 Å². The molecule has 0 aliphatic rings. The number of carbonyl (C=O) groups is 2. The standard InChI is InChI=1S/C19H16F3N3O2S/c1-12(26)24-16-7-6-15(19(20,21)22)8-17(16)25-18(27)11-28-10-14-4-2-13(9-23)3-5-14/h2-8H,10-11H2,1H3,(H,24,26)(H,25,27). The summed E-state index contributed by atoms with van der Waals surface area (Å²) in [5, 5.41) is 13.6. The molecular weight excluding hydrogens is 391 g/mol. The molecule has 2 aromatic carbocycles. The van der Waals surface area contributed by atoms with Crippen molar-refractivity contribution >= 4 is 35.0 Å². The SMILES string of the molecule is CC(=O)Nc1ccc(C(F)(F)F)cc1NC(=O)CSCc1ccc(C#N)cc1. The van der Waals surface area contributed by atoms with Gasteiger partial charge in [-0.05, 0) is 35.9 Å². The molecule has 0 saturated heterocycles. The van der Waals surface area contributed by atoms with Crippen LogP contribution in [0.15, 0.2) is 42.5 Å². The molecule has 5 nitrogen and oxygen atoms in total. The highest BCUT2D eigenvalue weighted by atomic mass is 32.2. The molecule has 146 valence electrons. The van der Waals surface area contributed by atoms with Gasteiger partial charge in [0.05, 0.1) is 34.3 Å². The van der Waals surface area contributed by atoms with E-state index in [1.807, 2.05) is 6.07 Å². The second-order valence-corrected chi connectivity index (χ2v) is 6.77. The van der Waals surface area contributed by atoms with E-state index in [0.717, 1.165) is 23.8 Å². The van der Waals surface area contributed by atoms with Crippen LogP contribution in [0.2, 0.25) is 0 Å². The van der Waals surface area contributed by atoms with E-state index in [0.29, 0.717) is 11.3 Å². The second-order valence-electron chi connectivity index (χ2n) is 5.79. The van der Waals surface area contributed by atoms with Crippen LogP contribution in [0.3, 0.4) is 0 Å². The lowest BCUT2D eigenvalue weighted by Crippen LogP contribution is -2.18. The van der Waals surface area contributed by atoms with E-state index in [2.05, 4.69) is 10.6 Å². The van der Waals surface area contributed by atoms with Crippen LogP contribution >= 0.6 is 11.8 Å². The second kappa shape index (κ2) is 9.28. The van der Waals surface area contributed by atoms with Crippen LogP contribution in [0.4, 0.5) is 24.5 Å². The molecule has 28 heavy (non-hydrogen) atoms. The fraction of sp³-hybridized carbons (Fsp3) is 0.211. The average molecular weight is 407 g/mol. The van der Waals surface area contributed by atoms with Crippen LogP contribution in [0.5, 0.6) is 0 Å². The van der Waals surface area contributed by atoms with Gasteiger partial charge >= 0.3 is 6.18 Å². The van der Waals surface area contributed by atoms with Crippen molar-refractivity contribution in [2.24, 2.45) is 0 Å². The van der Waals surface area contributed by atoms with Crippen molar-refractivity contribution in [1.82, 2.24) is 0 Å². The molecule has 0 bridgehead atoms. The number of hydrogen-bond donors (Lipinski definition) is 2. The first-order valence-electron chi connectivity index (χ1n) is 8.04. The number of benzene rings is 2. The summed E-state index contributed by atoms with van der Waals surface area (Å²) in [5.41, 5.74) is 0.485. The highest BCUT2D eigenvalue weighted by Crippen LogP contribution is 2.34. The van der Waals surface area contributed by atoms with Crippen LogP contribution in [-0.2, 0) is 21.5 Å². The van der Waals surface area contributed by atoms with E-state index in [-0.39, 0.29) is 17.1 Å². The Bertz CT molecular complexity index is 906. The van der Waals surface area contributed by atoms with Gasteiger partial charge in [0, 0.05) is 12.7 Å². The zero-order valence-corrected chi connectivity index (χ0v) is 15.6. The van der Waals surface area contributed by atoms with Crippen molar-refractivity contribution in [2.75, 3.05) is 16.4 Å². The Labute approximate surface area is 163 Å². The van der Waals surface area contributed by atoms with Crippen LogP contribution in [0, 0.1) is 11.3 Å². The maximum absolute atomic E-state index is 12.9. The van der Waals surface area contributed by atoms with Crippen LogP contribution < -0.4 is 10.6 Å². The Morgan fingerprint density at radius 1 is 1.07 bits per heavy atom. The lowest BCUT2D eigenvalue weighted by Gasteiger charge is -2.14. The molecule has 2 amide bonds. The molecule has 0 aliphatic carbocycles. The van der Waals surface area contributed by atoms with E-state index in [9.17, 15) is 22.8 Å². The molecule has 0 aromatic heterocycles. The zero-order valence-electron chi connectivity index (χ0n) is 14.8. The third kappa shape index (κ3) is 6.32. The maximum atomic E-state index is 12.9. The zero-order chi connectivity index (χ0) is 20.7. The van der Waals surface area contributed by atoms with E-state index >= 15 is 0 Å². The Morgan fingerprint density at radius 3 is 2.32 bits per heavy atom. The third-order valence-corrected chi connectivity index (χ3v) is 4.52. The minimum Gasteiger partial charge on any atom is -0.325 e. The number of nitrogens with one attached hydrogen (secondary N) is 2. The Hall–Kier alpha value is -2.99. The highest BCUT2D eigenvalue weighted by molar-refractivity contribution is 7.99. The number of halogens is 3. The lowest BCUT2D eigenvalue weighted by atomic mass is 10.1. The minimum atomic E-state index is -4.57. The summed E-state index contributed by atoms with van der Waals surface area (Å²) in [6.45, 7) is 1.22. The Kier molecular flexibility index (Phi) is 7.06. The fourth-order valence-corrected chi connectivity index (χ4v) is 3.03. The summed E-state index contributed by atoms with van der Waals surface area (Å²) in [7, 11) is 0. The molecule has 2 aromatic rings. The van der Waals surface area contributed by atoms with Crippen molar-refractivity contribution in [1.29, 1.82) is 5.26 Å². The van der Waals surface area contributed by atoms with Crippen molar-refractivity contribution in [3.05, 3.63) is 59.2 Å². The molecule has 0 aliphatic heterocycles. The number of alkyl halides is 3. The van der Waals surface area contributed by atoms with Gasteiger partial charge in [0.15, 0.2) is 0 Å². The molecule has 0 fully saturated rings. The van der Waals surface area contributed by atoms with E-state index in [1.54, 1.807) is 24.3 Å². The highest BCUT2D eigenvalue weighted by Gasteiger charge is 2.31. The monoisotopic (exact) mass is 407 g/mol. The molecule has 0 saturated carbocycles. The quantitative estimate of drug-likeness (QED) is 0.743. The molecule has 9 heteroatoms. The van der Waals surface area contributed by atoms with Gasteiger partial charge in [-0.2, -0.15) is 18.4 Å². The predicted molar refractivity (Wildman–Crippen MR) is 102 cm³/mol. The van der Waals surface area contributed by atoms with Crippen molar-refractivity contribution in [3.8, 4) is 6.07 Å². The summed E-state index contributed by atoms with van der Waals surface area (Å²) in [4.78, 5) is 23.4. The summed E-state index contributed by atoms with van der Waals surface area (Å²) in [6.07, 6.45) is -4.57. The van der Waals surface area contributed by atoms with Gasteiger partial charge in [-0.25, -0.2) is 0 Å². The largest absolute Gasteiger partial charge is 0.416 e. The average Bonchev–Trinajstić information content (AvgIpc) is 2.62. The Balaban J connectivity index is 2.02. The number of nitrogens with zero attached hydrogens (tertiary/aromatic N) is 1. The first-order chi connectivity index (χ1) is 13.2. The van der Waals surface area contributed by atoms with Gasteiger partial charge in [0.1, 0.15) is 0 Å². The number of anilines is 2. The van der Waals surface area contributed by atoms with Gasteiger partial charge in [-0.3, -0.25) is 9.59 Å². The summed E-state index contributed by atoms with van der Waals surface area (Å²) < 4.78 is 38.8. The molecule has 0 radical (unpaired) electrons. The summed E-state index contributed by atoms with van der Waals surface area (Å²) in [6, 6.07) is 11.6. The minimum absolute atomic E-state index is 0.00968. The normalized spacial score (nSPS) is 10.8. The van der Waals surface area contributed by atoms with E-state index < -0.39 is 23.6 Å².